The van der Waals surface area contributed by atoms with Crippen LogP contribution in [0.2, 0.25) is 0 Å². The molecule has 20 heavy (non-hydrogen) atoms. The van der Waals surface area contributed by atoms with Crippen molar-refractivity contribution in [1.82, 2.24) is 20.4 Å². The van der Waals surface area contributed by atoms with Gasteiger partial charge in [0, 0.05) is 11.4 Å². The second-order valence-electron chi connectivity index (χ2n) is 4.97. The number of hydrogen-bond donors (Lipinski definition) is 1. The Morgan fingerprint density at radius 1 is 1.40 bits per heavy atom. The summed E-state index contributed by atoms with van der Waals surface area (Å²) < 4.78 is 5.10. The largest absolute Gasteiger partial charge is 0.353 e. The summed E-state index contributed by atoms with van der Waals surface area (Å²) in [6.07, 6.45) is 5.96. The topological polar surface area (TPSA) is 80.9 Å². The normalized spacial score (nSPS) is 16.2. The molecule has 1 aliphatic rings. The van der Waals surface area contributed by atoms with Crippen LogP contribution in [0, 0.1) is 0 Å². The van der Waals surface area contributed by atoms with Gasteiger partial charge in [0.15, 0.2) is 5.82 Å². The number of carbonyl (C=O) groups is 1. The van der Waals surface area contributed by atoms with Gasteiger partial charge in [0.25, 0.3) is 5.89 Å². The van der Waals surface area contributed by atoms with E-state index in [4.69, 9.17) is 4.52 Å². The van der Waals surface area contributed by atoms with Crippen molar-refractivity contribution in [1.29, 1.82) is 0 Å². The SMILES string of the molecule is O=C(Cc1noc(-c2cscn2)n1)NC1CCCCC1. The first-order chi connectivity index (χ1) is 9.81. The quantitative estimate of drug-likeness (QED) is 0.934. The lowest BCUT2D eigenvalue weighted by Gasteiger charge is -2.22. The molecule has 7 heteroatoms. The molecular weight excluding hydrogens is 276 g/mol. The van der Waals surface area contributed by atoms with Gasteiger partial charge in [-0.05, 0) is 12.8 Å². The van der Waals surface area contributed by atoms with Crippen LogP contribution in [0.15, 0.2) is 15.4 Å². The van der Waals surface area contributed by atoms with Gasteiger partial charge in [0.2, 0.25) is 5.91 Å². The lowest BCUT2D eigenvalue weighted by Crippen LogP contribution is -2.37. The highest BCUT2D eigenvalue weighted by Crippen LogP contribution is 2.18. The molecule has 0 aliphatic heterocycles. The molecule has 0 aromatic carbocycles. The second-order valence-corrected chi connectivity index (χ2v) is 5.69. The van der Waals surface area contributed by atoms with Crippen LogP contribution in [-0.2, 0) is 11.2 Å². The van der Waals surface area contributed by atoms with Crippen LogP contribution in [-0.4, -0.2) is 27.1 Å². The maximum Gasteiger partial charge on any atom is 0.277 e. The van der Waals surface area contributed by atoms with Gasteiger partial charge in [-0.2, -0.15) is 4.98 Å². The summed E-state index contributed by atoms with van der Waals surface area (Å²) in [6, 6.07) is 0.307. The van der Waals surface area contributed by atoms with Crippen molar-refractivity contribution >= 4 is 17.2 Å². The zero-order valence-electron chi connectivity index (χ0n) is 11.0. The van der Waals surface area contributed by atoms with Gasteiger partial charge < -0.3 is 9.84 Å². The summed E-state index contributed by atoms with van der Waals surface area (Å²) in [7, 11) is 0. The molecule has 2 aromatic heterocycles. The van der Waals surface area contributed by atoms with E-state index in [-0.39, 0.29) is 12.3 Å². The van der Waals surface area contributed by atoms with Crippen molar-refractivity contribution in [2.24, 2.45) is 0 Å². The number of nitrogens with zero attached hydrogens (tertiary/aromatic N) is 3. The summed E-state index contributed by atoms with van der Waals surface area (Å²) in [5.74, 6) is 0.732. The number of nitrogens with one attached hydrogen (secondary N) is 1. The zero-order chi connectivity index (χ0) is 13.8. The van der Waals surface area contributed by atoms with E-state index < -0.39 is 0 Å². The number of amides is 1. The average Bonchev–Trinajstić information content (AvgIpc) is 3.10. The Bertz CT molecular complexity index is 561. The summed E-state index contributed by atoms with van der Waals surface area (Å²) in [6.45, 7) is 0. The lowest BCUT2D eigenvalue weighted by atomic mass is 9.95. The molecule has 1 N–H and O–H groups in total. The molecule has 1 saturated carbocycles. The molecule has 0 atom stereocenters. The fraction of sp³-hybridized carbons (Fsp3) is 0.538. The van der Waals surface area contributed by atoms with Crippen LogP contribution < -0.4 is 5.32 Å². The minimum Gasteiger partial charge on any atom is -0.353 e. The van der Waals surface area contributed by atoms with Crippen molar-refractivity contribution in [2.75, 3.05) is 0 Å². The molecule has 1 fully saturated rings. The highest BCUT2D eigenvalue weighted by Gasteiger charge is 2.18. The third kappa shape index (κ3) is 3.22. The molecule has 0 spiro atoms. The van der Waals surface area contributed by atoms with Crippen LogP contribution in [0.5, 0.6) is 0 Å². The standard InChI is InChI=1S/C13H16N4O2S/c18-12(15-9-4-2-1-3-5-9)6-11-16-13(19-17-11)10-7-20-8-14-10/h7-9H,1-6H2,(H,15,18). The van der Waals surface area contributed by atoms with E-state index in [9.17, 15) is 4.79 Å². The van der Waals surface area contributed by atoms with Crippen LogP contribution >= 0.6 is 11.3 Å². The Morgan fingerprint density at radius 3 is 3.00 bits per heavy atom. The van der Waals surface area contributed by atoms with E-state index >= 15 is 0 Å². The molecule has 1 amide bonds. The summed E-state index contributed by atoms with van der Waals surface area (Å²) in [4.78, 5) is 20.2. The molecule has 0 radical (unpaired) electrons. The van der Waals surface area contributed by atoms with Crippen LogP contribution in [0.25, 0.3) is 11.6 Å². The fourth-order valence-electron chi connectivity index (χ4n) is 2.42. The average molecular weight is 292 g/mol. The Labute approximate surface area is 120 Å². The molecule has 0 bridgehead atoms. The van der Waals surface area contributed by atoms with Gasteiger partial charge in [-0.25, -0.2) is 4.98 Å². The maximum absolute atomic E-state index is 11.9. The lowest BCUT2D eigenvalue weighted by molar-refractivity contribution is -0.121. The van der Waals surface area contributed by atoms with E-state index in [1.165, 1.54) is 30.6 Å². The predicted molar refractivity (Wildman–Crippen MR) is 74.1 cm³/mol. The highest BCUT2D eigenvalue weighted by atomic mass is 32.1. The van der Waals surface area contributed by atoms with Gasteiger partial charge in [0.1, 0.15) is 5.69 Å². The fourth-order valence-corrected chi connectivity index (χ4v) is 2.94. The first-order valence-electron chi connectivity index (χ1n) is 6.82. The molecule has 0 unspecified atom stereocenters. The molecule has 2 heterocycles. The van der Waals surface area contributed by atoms with Crippen LogP contribution in [0.3, 0.4) is 0 Å². The Hall–Kier alpha value is -1.76. The number of carbonyl (C=O) groups excluding carboxylic acids is 1. The minimum absolute atomic E-state index is 0.0393. The van der Waals surface area contributed by atoms with Crippen molar-refractivity contribution in [2.45, 2.75) is 44.6 Å². The van der Waals surface area contributed by atoms with Gasteiger partial charge in [-0.1, -0.05) is 24.4 Å². The van der Waals surface area contributed by atoms with Crippen molar-refractivity contribution in [3.8, 4) is 11.6 Å². The monoisotopic (exact) mass is 292 g/mol. The molecular formula is C13H16N4O2S. The maximum atomic E-state index is 11.9. The van der Waals surface area contributed by atoms with Crippen LogP contribution in [0.1, 0.15) is 37.9 Å². The number of hydrogen-bond acceptors (Lipinski definition) is 6. The minimum atomic E-state index is -0.0393. The first kappa shape index (κ1) is 13.2. The molecule has 1 aliphatic carbocycles. The molecule has 3 rings (SSSR count). The highest BCUT2D eigenvalue weighted by molar-refractivity contribution is 7.07. The van der Waals surface area contributed by atoms with E-state index in [1.807, 2.05) is 5.38 Å². The van der Waals surface area contributed by atoms with Crippen molar-refractivity contribution in [3.63, 3.8) is 0 Å². The zero-order valence-corrected chi connectivity index (χ0v) is 11.9. The number of rotatable bonds is 4. The number of aromatic nitrogens is 3. The molecule has 0 saturated heterocycles. The third-order valence-electron chi connectivity index (χ3n) is 3.41. The first-order valence-corrected chi connectivity index (χ1v) is 7.76. The van der Waals surface area contributed by atoms with E-state index in [0.717, 1.165) is 12.8 Å². The van der Waals surface area contributed by atoms with Gasteiger partial charge in [-0.15, -0.1) is 11.3 Å². The summed E-state index contributed by atoms with van der Waals surface area (Å²) in [5.41, 5.74) is 2.36. The Kier molecular flexibility index (Phi) is 4.05. The van der Waals surface area contributed by atoms with Gasteiger partial charge in [-0.3, -0.25) is 4.79 Å². The second kappa shape index (κ2) is 6.13. The number of thiazole rings is 1. The van der Waals surface area contributed by atoms with E-state index in [0.29, 0.717) is 23.5 Å². The van der Waals surface area contributed by atoms with E-state index in [1.54, 1.807) is 5.51 Å². The Morgan fingerprint density at radius 2 is 2.25 bits per heavy atom. The molecule has 106 valence electrons. The smallest absolute Gasteiger partial charge is 0.277 e. The summed E-state index contributed by atoms with van der Waals surface area (Å²) >= 11 is 1.46. The molecule has 2 aromatic rings. The van der Waals surface area contributed by atoms with Crippen LogP contribution in [0.4, 0.5) is 0 Å². The van der Waals surface area contributed by atoms with Crippen molar-refractivity contribution in [3.05, 3.63) is 16.7 Å². The molecule has 6 nitrogen and oxygen atoms in total. The van der Waals surface area contributed by atoms with Gasteiger partial charge >= 0.3 is 0 Å². The summed E-state index contributed by atoms with van der Waals surface area (Å²) in [5, 5.41) is 8.69. The predicted octanol–water partition coefficient (Wildman–Crippen LogP) is 2.18. The van der Waals surface area contributed by atoms with Crippen molar-refractivity contribution < 1.29 is 9.32 Å². The Balaban J connectivity index is 1.56. The van der Waals surface area contributed by atoms with Gasteiger partial charge in [0.05, 0.1) is 11.9 Å². The third-order valence-corrected chi connectivity index (χ3v) is 3.99. The van der Waals surface area contributed by atoms with E-state index in [2.05, 4.69) is 20.4 Å².